The fourth-order valence-electron chi connectivity index (χ4n) is 1.90. The van der Waals surface area contributed by atoms with Gasteiger partial charge in [-0.05, 0) is 12.8 Å². The van der Waals surface area contributed by atoms with Crippen LogP contribution in [-0.2, 0) is 9.59 Å². The normalized spacial score (nSPS) is 11.8. The van der Waals surface area contributed by atoms with E-state index in [2.05, 4.69) is 0 Å². The molecule has 16 nitrogen and oxygen atoms in total. The van der Waals surface area contributed by atoms with Crippen LogP contribution in [0.5, 0.6) is 0 Å². The molecule has 2 N–H and O–H groups in total. The molecule has 0 unspecified atom stereocenters. The van der Waals surface area contributed by atoms with Gasteiger partial charge in [-0.15, -0.1) is 0 Å². The first-order valence-electron chi connectivity index (χ1n) is 6.62. The topological polar surface area (TPSA) is 247 Å². The van der Waals surface area contributed by atoms with Gasteiger partial charge in [-0.3, -0.25) is 40.5 Å². The van der Waals surface area contributed by atoms with Crippen LogP contribution in [0, 0.1) is 40.5 Å². The summed E-state index contributed by atoms with van der Waals surface area (Å²) in [6.07, 6.45) is -8.47. The highest BCUT2D eigenvalue weighted by molar-refractivity contribution is 5.98. The van der Waals surface area contributed by atoms with Crippen LogP contribution in [0.4, 0.5) is 0 Å². The summed E-state index contributed by atoms with van der Waals surface area (Å²) in [6, 6.07) is 0. The van der Waals surface area contributed by atoms with E-state index >= 15 is 0 Å². The molecule has 0 saturated heterocycles. The minimum absolute atomic E-state index is 0.898. The van der Waals surface area contributed by atoms with Crippen molar-refractivity contribution in [1.82, 2.24) is 0 Å². The molecule has 0 atom stereocenters. The van der Waals surface area contributed by atoms with Gasteiger partial charge in [0.25, 0.3) is 0 Å². The number of carbonyl (C=O) groups is 2. The van der Waals surface area contributed by atoms with E-state index in [1.165, 1.54) is 0 Å². The molecule has 0 spiro atoms. The Balaban J connectivity index is 5.61. The van der Waals surface area contributed by atoms with E-state index in [4.69, 9.17) is 10.2 Å². The van der Waals surface area contributed by atoms with Gasteiger partial charge in [0.15, 0.2) is 0 Å². The van der Waals surface area contributed by atoms with Crippen molar-refractivity contribution in [2.24, 2.45) is 0 Å². The summed E-state index contributed by atoms with van der Waals surface area (Å²) in [5.41, 5.74) is -1.92. The van der Waals surface area contributed by atoms with E-state index in [0.717, 1.165) is 0 Å². The number of nitro groups is 4. The lowest BCUT2D eigenvalue weighted by atomic mass is 9.98. The molecule has 0 aliphatic rings. The molecule has 0 aliphatic carbocycles. The molecule has 0 aromatic rings. The third-order valence-corrected chi connectivity index (χ3v) is 3.16. The maximum absolute atomic E-state index is 11.2. The third-order valence-electron chi connectivity index (χ3n) is 3.16. The van der Waals surface area contributed by atoms with Gasteiger partial charge in [0.05, 0.1) is 32.5 Å². The Hall–Kier alpha value is -3.72. The Labute approximate surface area is 142 Å². The van der Waals surface area contributed by atoms with Crippen molar-refractivity contribution in [2.75, 3.05) is 0 Å². The Morgan fingerprint density at radius 3 is 1.04 bits per heavy atom. The van der Waals surface area contributed by atoms with Crippen LogP contribution in [0.1, 0.15) is 25.7 Å². The molecule has 16 heteroatoms. The Morgan fingerprint density at radius 1 is 0.654 bits per heavy atom. The van der Waals surface area contributed by atoms with Gasteiger partial charge >= 0.3 is 24.3 Å². The second-order valence-electron chi connectivity index (χ2n) is 4.75. The van der Waals surface area contributed by atoms with E-state index in [9.17, 15) is 50.0 Å². The molecular weight excluding hydrogens is 368 g/mol. The largest absolute Gasteiger partial charge is 0.478 e. The zero-order chi connectivity index (χ0) is 20.6. The van der Waals surface area contributed by atoms with Gasteiger partial charge in [-0.1, -0.05) is 0 Å². The van der Waals surface area contributed by atoms with Crippen LogP contribution in [0.15, 0.2) is 11.1 Å². The quantitative estimate of drug-likeness (QED) is 0.193. The van der Waals surface area contributed by atoms with E-state index in [1.54, 1.807) is 0 Å². The van der Waals surface area contributed by atoms with E-state index in [-0.39, 0.29) is 0 Å². The van der Waals surface area contributed by atoms with Crippen molar-refractivity contribution in [3.8, 4) is 0 Å². The monoisotopic (exact) mass is 380 g/mol. The Kier molecular flexibility index (Phi) is 8.18. The van der Waals surface area contributed by atoms with Crippen molar-refractivity contribution >= 4 is 11.9 Å². The van der Waals surface area contributed by atoms with Crippen molar-refractivity contribution < 1.29 is 39.5 Å². The lowest BCUT2D eigenvalue weighted by molar-refractivity contribution is -0.743. The number of carboxylic acids is 2. The van der Waals surface area contributed by atoms with Crippen LogP contribution < -0.4 is 0 Å². The fraction of sp³-hybridized carbons (Fsp3) is 0.600. The van der Waals surface area contributed by atoms with Gasteiger partial charge in [-0.25, -0.2) is 9.59 Å². The SMILES string of the molecule is O=C(O)C(CCC([N+](=O)[O-])[N+](=O)[O-])=C(CCC([N+](=O)[O-])[N+](=O)[O-])C(=O)O. The van der Waals surface area contributed by atoms with Crippen LogP contribution in [-0.4, -0.2) is 54.2 Å². The molecule has 26 heavy (non-hydrogen) atoms. The van der Waals surface area contributed by atoms with Crippen molar-refractivity contribution in [2.45, 2.75) is 38.0 Å². The smallest absolute Gasteiger partial charge is 0.451 e. The molecule has 0 heterocycles. The first-order valence-corrected chi connectivity index (χ1v) is 6.62. The zero-order valence-electron chi connectivity index (χ0n) is 12.7. The van der Waals surface area contributed by atoms with Crippen molar-refractivity contribution in [3.63, 3.8) is 0 Å². The predicted molar refractivity (Wildman–Crippen MR) is 76.3 cm³/mol. The molecule has 0 aromatic heterocycles. The first-order chi connectivity index (χ1) is 11.9. The third kappa shape index (κ3) is 6.42. The van der Waals surface area contributed by atoms with Gasteiger partial charge in [0.2, 0.25) is 0 Å². The number of hydrogen-bond donors (Lipinski definition) is 2. The maximum Gasteiger partial charge on any atom is 0.451 e. The van der Waals surface area contributed by atoms with Gasteiger partial charge in [0.1, 0.15) is 0 Å². The number of nitrogens with zero attached hydrogens (tertiary/aromatic N) is 4. The van der Waals surface area contributed by atoms with Crippen LogP contribution in [0.3, 0.4) is 0 Å². The second kappa shape index (κ2) is 9.55. The fourth-order valence-corrected chi connectivity index (χ4v) is 1.90. The minimum Gasteiger partial charge on any atom is -0.478 e. The van der Waals surface area contributed by atoms with Crippen LogP contribution >= 0.6 is 0 Å². The number of aliphatic carboxylic acids is 2. The molecule has 0 aliphatic heterocycles. The minimum atomic E-state index is -2.38. The molecule has 0 saturated carbocycles. The molecular formula is C10H12N4O12. The van der Waals surface area contributed by atoms with Crippen molar-refractivity contribution in [1.29, 1.82) is 0 Å². The van der Waals surface area contributed by atoms with Crippen molar-refractivity contribution in [3.05, 3.63) is 51.6 Å². The summed E-state index contributed by atoms with van der Waals surface area (Å²) in [5.74, 6) is -3.74. The highest BCUT2D eigenvalue weighted by atomic mass is 16.7. The van der Waals surface area contributed by atoms with Gasteiger partial charge in [-0.2, -0.15) is 0 Å². The van der Waals surface area contributed by atoms with E-state index in [0.29, 0.717) is 0 Å². The lowest BCUT2D eigenvalue weighted by Crippen LogP contribution is -2.30. The average molecular weight is 380 g/mol. The summed E-state index contributed by atoms with van der Waals surface area (Å²) in [6.45, 7) is 0. The summed E-state index contributed by atoms with van der Waals surface area (Å²) in [4.78, 5) is 59.3. The highest BCUT2D eigenvalue weighted by Gasteiger charge is 2.36. The zero-order valence-corrected chi connectivity index (χ0v) is 12.7. The van der Waals surface area contributed by atoms with Crippen LogP contribution in [0.25, 0.3) is 0 Å². The Morgan fingerprint density at radius 2 is 0.885 bits per heavy atom. The Bertz CT molecular complexity index is 587. The predicted octanol–water partition coefficient (Wildman–Crippen LogP) is -0.228. The number of hydrogen-bond acceptors (Lipinski definition) is 10. The molecule has 144 valence electrons. The van der Waals surface area contributed by atoms with Gasteiger partial charge in [0, 0.05) is 11.1 Å². The van der Waals surface area contributed by atoms with Crippen LogP contribution in [0.2, 0.25) is 0 Å². The van der Waals surface area contributed by atoms with Gasteiger partial charge < -0.3 is 10.2 Å². The molecule has 0 bridgehead atoms. The number of carboxylic acid groups (broad SMARTS) is 2. The maximum atomic E-state index is 11.2. The molecule has 0 rings (SSSR count). The second-order valence-corrected chi connectivity index (χ2v) is 4.75. The van der Waals surface area contributed by atoms with E-state index < -0.39 is 80.8 Å². The van der Waals surface area contributed by atoms with E-state index in [1.807, 2.05) is 0 Å². The summed E-state index contributed by atoms with van der Waals surface area (Å²) < 4.78 is 0. The molecule has 0 aromatic carbocycles. The molecule has 0 radical (unpaired) electrons. The average Bonchev–Trinajstić information content (AvgIpc) is 2.46. The summed E-state index contributed by atoms with van der Waals surface area (Å²) in [7, 11) is 0. The standard InChI is InChI=1S/C10H12N4O12/c15-9(16)5(1-3-7(11(19)20)12(21)22)6(10(17)18)2-4-8(13(23)24)14(25)26/h7-8H,1-4H2,(H,15,16)(H,17,18). The summed E-state index contributed by atoms with van der Waals surface area (Å²) in [5, 5.41) is 60.2. The highest BCUT2D eigenvalue weighted by Crippen LogP contribution is 2.20. The molecule has 0 amide bonds. The lowest BCUT2D eigenvalue weighted by Gasteiger charge is -2.09. The summed E-state index contributed by atoms with van der Waals surface area (Å²) >= 11 is 0. The molecule has 0 fully saturated rings. The first kappa shape index (κ1) is 22.3. The number of rotatable bonds is 12.